The minimum Gasteiger partial charge on any atom is -0.507 e. The average Bonchev–Trinajstić information content (AvgIpc) is 3.16. The number of aliphatic hydroxyl groups is 1. The highest BCUT2D eigenvalue weighted by molar-refractivity contribution is 9.10. The molecule has 6 heteroatoms. The van der Waals surface area contributed by atoms with E-state index in [1.54, 1.807) is 29.2 Å². The maximum atomic E-state index is 13.0. The third-order valence-electron chi connectivity index (χ3n) is 5.34. The van der Waals surface area contributed by atoms with Gasteiger partial charge in [0.15, 0.2) is 0 Å². The molecule has 148 valence electrons. The van der Waals surface area contributed by atoms with Crippen molar-refractivity contribution in [1.29, 1.82) is 0 Å². The maximum absolute atomic E-state index is 13.0. The summed E-state index contributed by atoms with van der Waals surface area (Å²) >= 11 is 3.38. The van der Waals surface area contributed by atoms with Crippen LogP contribution in [0.5, 0.6) is 0 Å². The van der Waals surface area contributed by atoms with Crippen LogP contribution in [-0.4, -0.2) is 33.2 Å². The van der Waals surface area contributed by atoms with E-state index in [0.29, 0.717) is 18.5 Å². The first-order valence-electron chi connectivity index (χ1n) is 9.55. The molecule has 1 atom stereocenters. The predicted octanol–water partition coefficient (Wildman–Crippen LogP) is 5.07. The lowest BCUT2D eigenvalue weighted by molar-refractivity contribution is -0.139. The molecule has 1 aliphatic heterocycles. The van der Waals surface area contributed by atoms with E-state index < -0.39 is 17.7 Å². The van der Waals surface area contributed by atoms with Crippen molar-refractivity contribution in [3.63, 3.8) is 0 Å². The number of likely N-dealkylation sites (tertiary alicyclic amines) is 1. The molecule has 1 aromatic heterocycles. The number of para-hydroxylation sites is 1. The van der Waals surface area contributed by atoms with Crippen molar-refractivity contribution in [2.24, 2.45) is 0 Å². The summed E-state index contributed by atoms with van der Waals surface area (Å²) in [4.78, 5) is 30.8. The number of benzene rings is 2. The number of carbonyl (C=O) groups is 2. The highest BCUT2D eigenvalue weighted by Crippen LogP contribution is 2.43. The minimum atomic E-state index is -0.645. The maximum Gasteiger partial charge on any atom is 0.295 e. The first-order chi connectivity index (χ1) is 13.9. The summed E-state index contributed by atoms with van der Waals surface area (Å²) in [6.07, 6.45) is 0.712. The number of carbonyl (C=O) groups excluding carboxylic acids is 2. The van der Waals surface area contributed by atoms with Gasteiger partial charge in [0.1, 0.15) is 5.76 Å². The van der Waals surface area contributed by atoms with Crippen molar-refractivity contribution in [2.75, 3.05) is 6.54 Å². The van der Waals surface area contributed by atoms with Gasteiger partial charge in [-0.2, -0.15) is 0 Å². The van der Waals surface area contributed by atoms with Crippen LogP contribution in [0.2, 0.25) is 0 Å². The van der Waals surface area contributed by atoms with Gasteiger partial charge in [-0.05, 0) is 31.5 Å². The number of hydrogen-bond acceptors (Lipinski definition) is 3. The number of aliphatic hydroxyl groups excluding tert-OH is 1. The molecule has 5 nitrogen and oxygen atoms in total. The zero-order chi connectivity index (χ0) is 20.7. The van der Waals surface area contributed by atoms with Gasteiger partial charge < -0.3 is 15.0 Å². The van der Waals surface area contributed by atoms with E-state index in [2.05, 4.69) is 20.9 Å². The van der Waals surface area contributed by atoms with Crippen LogP contribution in [0.4, 0.5) is 0 Å². The number of fused-ring (bicyclic) bond motifs is 1. The Balaban J connectivity index is 1.98. The summed E-state index contributed by atoms with van der Waals surface area (Å²) < 4.78 is 0.865. The molecular weight excluding hydrogens is 432 g/mol. The number of ketones is 1. The van der Waals surface area contributed by atoms with Crippen LogP contribution >= 0.6 is 15.9 Å². The van der Waals surface area contributed by atoms with E-state index >= 15 is 0 Å². The highest BCUT2D eigenvalue weighted by atomic mass is 79.9. The van der Waals surface area contributed by atoms with Crippen LogP contribution in [0, 0.1) is 6.92 Å². The number of nitrogens with zero attached hydrogens (tertiary/aromatic N) is 1. The zero-order valence-electron chi connectivity index (χ0n) is 16.2. The van der Waals surface area contributed by atoms with Crippen molar-refractivity contribution < 1.29 is 14.7 Å². The van der Waals surface area contributed by atoms with E-state index in [9.17, 15) is 14.7 Å². The lowest BCUT2D eigenvalue weighted by Gasteiger charge is -2.25. The lowest BCUT2D eigenvalue weighted by atomic mass is 9.93. The van der Waals surface area contributed by atoms with Gasteiger partial charge >= 0.3 is 0 Å². The molecule has 4 rings (SSSR count). The largest absolute Gasteiger partial charge is 0.507 e. The van der Waals surface area contributed by atoms with Gasteiger partial charge in [0.25, 0.3) is 11.7 Å². The number of rotatable bonds is 4. The predicted molar refractivity (Wildman–Crippen MR) is 116 cm³/mol. The van der Waals surface area contributed by atoms with E-state index in [0.717, 1.165) is 26.6 Å². The summed E-state index contributed by atoms with van der Waals surface area (Å²) in [7, 11) is 0. The monoisotopic (exact) mass is 452 g/mol. The molecule has 1 unspecified atom stereocenters. The van der Waals surface area contributed by atoms with E-state index in [1.165, 1.54) is 0 Å². The van der Waals surface area contributed by atoms with Crippen molar-refractivity contribution >= 4 is 44.3 Å². The van der Waals surface area contributed by atoms with Crippen molar-refractivity contribution in [3.05, 3.63) is 75.4 Å². The second-order valence-electron chi connectivity index (χ2n) is 7.21. The summed E-state index contributed by atoms with van der Waals surface area (Å²) in [5.41, 5.74) is 3.31. The Kier molecular flexibility index (Phi) is 5.04. The molecule has 0 aliphatic carbocycles. The first-order valence-corrected chi connectivity index (χ1v) is 10.3. The summed E-state index contributed by atoms with van der Waals surface area (Å²) in [5, 5.41) is 12.0. The number of halogens is 1. The number of aryl methyl sites for hydroxylation is 1. The first kappa shape index (κ1) is 19.5. The number of aromatic amines is 1. The van der Waals surface area contributed by atoms with Crippen LogP contribution in [0.3, 0.4) is 0 Å². The molecule has 1 saturated heterocycles. The fourth-order valence-electron chi connectivity index (χ4n) is 4.07. The molecule has 0 saturated carbocycles. The number of hydrogen-bond donors (Lipinski definition) is 2. The zero-order valence-corrected chi connectivity index (χ0v) is 17.8. The third kappa shape index (κ3) is 3.17. The van der Waals surface area contributed by atoms with Gasteiger partial charge in [-0.25, -0.2) is 0 Å². The Morgan fingerprint density at radius 3 is 2.52 bits per heavy atom. The van der Waals surface area contributed by atoms with Gasteiger partial charge in [0, 0.05) is 38.7 Å². The molecule has 2 heterocycles. The topological polar surface area (TPSA) is 73.4 Å². The number of nitrogens with one attached hydrogen (secondary N) is 1. The Hall–Kier alpha value is -2.86. The molecule has 0 bridgehead atoms. The standard InChI is InChI=1S/C23H21BrN2O3/c1-3-12-26-20(18-13(2)25-17-7-5-4-6-16(17)18)19(22(28)23(26)29)21(27)14-8-10-15(24)11-9-14/h4-11,20,25,27H,3,12H2,1-2H3/b21-19+. The van der Waals surface area contributed by atoms with E-state index in [-0.39, 0.29) is 11.3 Å². The van der Waals surface area contributed by atoms with Crippen molar-refractivity contribution in [1.82, 2.24) is 9.88 Å². The lowest BCUT2D eigenvalue weighted by Crippen LogP contribution is -2.30. The Morgan fingerprint density at radius 2 is 1.83 bits per heavy atom. The normalized spacial score (nSPS) is 18.7. The summed E-state index contributed by atoms with van der Waals surface area (Å²) in [5.74, 6) is -1.36. The fourth-order valence-corrected chi connectivity index (χ4v) is 4.33. The average molecular weight is 453 g/mol. The van der Waals surface area contributed by atoms with Crippen LogP contribution in [0.25, 0.3) is 16.7 Å². The second kappa shape index (κ2) is 7.52. The number of Topliss-reactive ketones (excluding diaryl/α,β-unsaturated/α-hetero) is 1. The van der Waals surface area contributed by atoms with Gasteiger partial charge in [0.05, 0.1) is 11.6 Å². The molecule has 0 radical (unpaired) electrons. The van der Waals surface area contributed by atoms with Crippen molar-refractivity contribution in [3.8, 4) is 0 Å². The fraction of sp³-hybridized carbons (Fsp3) is 0.217. The van der Waals surface area contributed by atoms with E-state index in [1.807, 2.05) is 38.1 Å². The highest BCUT2D eigenvalue weighted by Gasteiger charge is 2.47. The van der Waals surface area contributed by atoms with Crippen LogP contribution in [0.1, 0.15) is 36.2 Å². The SMILES string of the molecule is CCCN1C(=O)C(=O)/C(=C(/O)c2ccc(Br)cc2)C1c1c(C)[nH]c2ccccc12. The molecule has 1 amide bonds. The third-order valence-corrected chi connectivity index (χ3v) is 5.87. The quantitative estimate of drug-likeness (QED) is 0.329. The van der Waals surface area contributed by atoms with Crippen LogP contribution in [-0.2, 0) is 9.59 Å². The smallest absolute Gasteiger partial charge is 0.295 e. The van der Waals surface area contributed by atoms with E-state index in [4.69, 9.17) is 0 Å². The van der Waals surface area contributed by atoms with Gasteiger partial charge in [-0.15, -0.1) is 0 Å². The Labute approximate surface area is 177 Å². The summed E-state index contributed by atoms with van der Waals surface area (Å²) in [6, 6.07) is 14.2. The van der Waals surface area contributed by atoms with Crippen molar-refractivity contribution in [2.45, 2.75) is 26.3 Å². The molecular formula is C23H21BrN2O3. The molecule has 0 spiro atoms. The van der Waals surface area contributed by atoms with Crippen LogP contribution < -0.4 is 0 Å². The molecule has 1 fully saturated rings. The molecule has 1 aliphatic rings. The second-order valence-corrected chi connectivity index (χ2v) is 8.12. The summed E-state index contributed by atoms with van der Waals surface area (Å²) in [6.45, 7) is 4.33. The molecule has 3 aromatic rings. The molecule has 2 N–H and O–H groups in total. The van der Waals surface area contributed by atoms with Gasteiger partial charge in [-0.1, -0.05) is 53.2 Å². The molecule has 2 aromatic carbocycles. The van der Waals surface area contributed by atoms with Gasteiger partial charge in [0.2, 0.25) is 0 Å². The van der Waals surface area contributed by atoms with Crippen LogP contribution in [0.15, 0.2) is 58.6 Å². The molecule has 29 heavy (non-hydrogen) atoms. The van der Waals surface area contributed by atoms with Gasteiger partial charge in [-0.3, -0.25) is 9.59 Å². The number of amides is 1. The number of H-pyrrole nitrogens is 1. The number of aromatic nitrogens is 1. The minimum absolute atomic E-state index is 0.138. The Bertz CT molecular complexity index is 1140. The Morgan fingerprint density at radius 1 is 1.14 bits per heavy atom.